The summed E-state index contributed by atoms with van der Waals surface area (Å²) in [6, 6.07) is 3.40. The van der Waals surface area contributed by atoms with Crippen LogP contribution in [0.25, 0.3) is 0 Å². The summed E-state index contributed by atoms with van der Waals surface area (Å²) in [7, 11) is 0. The Morgan fingerprint density at radius 3 is 2.92 bits per heavy atom. The summed E-state index contributed by atoms with van der Waals surface area (Å²) in [5.74, 6) is 5.43. The molecule has 3 heteroatoms. The standard InChI is InChI=1S/C9H8N2O/c1-7-8(3-2-6-12)4-5-9(10)11-7/h4-6H,1H3,(H2,10,11). The van der Waals surface area contributed by atoms with Crippen molar-refractivity contribution >= 4 is 12.1 Å². The van der Waals surface area contributed by atoms with Gasteiger partial charge in [0.05, 0.1) is 5.69 Å². The SMILES string of the molecule is Cc1nc(N)ccc1C#CC=O. The average molecular weight is 160 g/mol. The number of pyridine rings is 1. The highest BCUT2D eigenvalue weighted by atomic mass is 16.1. The Bertz CT molecular complexity index is 361. The fourth-order valence-electron chi connectivity index (χ4n) is 0.820. The third kappa shape index (κ3) is 1.83. The molecular formula is C9H8N2O. The molecule has 1 aromatic heterocycles. The Labute approximate surface area is 70.6 Å². The van der Waals surface area contributed by atoms with Crippen LogP contribution in [-0.2, 0) is 4.79 Å². The van der Waals surface area contributed by atoms with Gasteiger partial charge in [-0.3, -0.25) is 4.79 Å². The highest BCUT2D eigenvalue weighted by Gasteiger charge is 1.94. The zero-order valence-corrected chi connectivity index (χ0v) is 6.66. The summed E-state index contributed by atoms with van der Waals surface area (Å²) in [6.07, 6.45) is 0.551. The summed E-state index contributed by atoms with van der Waals surface area (Å²) in [5.41, 5.74) is 6.90. The van der Waals surface area contributed by atoms with Gasteiger partial charge in [-0.2, -0.15) is 0 Å². The minimum atomic E-state index is 0.462. The van der Waals surface area contributed by atoms with E-state index in [1.807, 2.05) is 0 Å². The Hall–Kier alpha value is -1.82. The minimum absolute atomic E-state index is 0.462. The van der Waals surface area contributed by atoms with Gasteiger partial charge in [0.25, 0.3) is 0 Å². The zero-order chi connectivity index (χ0) is 8.97. The lowest BCUT2D eigenvalue weighted by molar-refractivity contribution is -0.103. The molecule has 1 aromatic rings. The van der Waals surface area contributed by atoms with Crippen molar-refractivity contribution in [1.82, 2.24) is 4.98 Å². The first-order valence-electron chi connectivity index (χ1n) is 3.42. The summed E-state index contributed by atoms with van der Waals surface area (Å²) in [6.45, 7) is 1.80. The van der Waals surface area contributed by atoms with Gasteiger partial charge in [-0.05, 0) is 25.0 Å². The highest BCUT2D eigenvalue weighted by Crippen LogP contribution is 2.05. The van der Waals surface area contributed by atoms with Crippen molar-refractivity contribution < 1.29 is 4.79 Å². The normalized spacial score (nSPS) is 8.42. The van der Waals surface area contributed by atoms with E-state index < -0.39 is 0 Å². The van der Waals surface area contributed by atoms with Crippen LogP contribution in [0.2, 0.25) is 0 Å². The molecule has 0 fully saturated rings. The molecule has 1 rings (SSSR count). The van der Waals surface area contributed by atoms with E-state index in [9.17, 15) is 4.79 Å². The fraction of sp³-hybridized carbons (Fsp3) is 0.111. The molecule has 60 valence electrons. The first kappa shape index (κ1) is 8.28. The van der Waals surface area contributed by atoms with Crippen molar-refractivity contribution in [1.29, 1.82) is 0 Å². The second-order valence-corrected chi connectivity index (χ2v) is 2.26. The Morgan fingerprint density at radius 2 is 2.33 bits per heavy atom. The van der Waals surface area contributed by atoms with Crippen LogP contribution in [0.3, 0.4) is 0 Å². The van der Waals surface area contributed by atoms with Gasteiger partial charge in [-0.15, -0.1) is 0 Å². The molecule has 12 heavy (non-hydrogen) atoms. The van der Waals surface area contributed by atoms with Crippen molar-refractivity contribution in [3.8, 4) is 11.8 Å². The second-order valence-electron chi connectivity index (χ2n) is 2.26. The number of hydrogen-bond acceptors (Lipinski definition) is 3. The molecule has 0 bridgehead atoms. The van der Waals surface area contributed by atoms with Crippen LogP contribution >= 0.6 is 0 Å². The van der Waals surface area contributed by atoms with Crippen molar-refractivity contribution in [2.75, 3.05) is 5.73 Å². The van der Waals surface area contributed by atoms with E-state index in [0.29, 0.717) is 12.1 Å². The topological polar surface area (TPSA) is 56.0 Å². The van der Waals surface area contributed by atoms with Crippen LogP contribution in [0.4, 0.5) is 5.82 Å². The van der Waals surface area contributed by atoms with Crippen LogP contribution < -0.4 is 5.73 Å². The molecule has 2 N–H and O–H groups in total. The van der Waals surface area contributed by atoms with Gasteiger partial charge in [0.15, 0.2) is 6.29 Å². The van der Waals surface area contributed by atoms with E-state index in [2.05, 4.69) is 16.8 Å². The van der Waals surface area contributed by atoms with Gasteiger partial charge in [0.1, 0.15) is 5.82 Å². The van der Waals surface area contributed by atoms with Crippen LogP contribution in [0, 0.1) is 18.8 Å². The lowest BCUT2D eigenvalue weighted by Crippen LogP contribution is -1.94. The number of nitrogen functional groups attached to an aromatic ring is 1. The molecule has 0 saturated carbocycles. The van der Waals surface area contributed by atoms with Gasteiger partial charge in [0, 0.05) is 5.56 Å². The van der Waals surface area contributed by atoms with E-state index in [1.54, 1.807) is 19.1 Å². The molecule has 0 radical (unpaired) electrons. The lowest BCUT2D eigenvalue weighted by Gasteiger charge is -1.96. The van der Waals surface area contributed by atoms with E-state index in [0.717, 1.165) is 11.3 Å². The number of aryl methyl sites for hydroxylation is 1. The van der Waals surface area contributed by atoms with Crippen molar-refractivity contribution in [2.24, 2.45) is 0 Å². The number of rotatable bonds is 0. The molecule has 0 saturated heterocycles. The van der Waals surface area contributed by atoms with Crippen molar-refractivity contribution in [2.45, 2.75) is 6.92 Å². The fourth-order valence-corrected chi connectivity index (χ4v) is 0.820. The Balaban J connectivity index is 3.09. The van der Waals surface area contributed by atoms with Gasteiger partial charge in [-0.25, -0.2) is 4.98 Å². The number of aldehydes is 1. The quantitative estimate of drug-likeness (QED) is 0.444. The monoisotopic (exact) mass is 160 g/mol. The van der Waals surface area contributed by atoms with E-state index in [4.69, 9.17) is 5.73 Å². The van der Waals surface area contributed by atoms with Crippen LogP contribution in [0.15, 0.2) is 12.1 Å². The number of hydrogen-bond donors (Lipinski definition) is 1. The number of anilines is 1. The summed E-state index contributed by atoms with van der Waals surface area (Å²) < 4.78 is 0. The van der Waals surface area contributed by atoms with Gasteiger partial charge >= 0.3 is 0 Å². The van der Waals surface area contributed by atoms with Gasteiger partial charge in [-0.1, -0.05) is 5.92 Å². The molecular weight excluding hydrogens is 152 g/mol. The predicted octanol–water partition coefficient (Wildman–Crippen LogP) is 0.523. The molecule has 3 nitrogen and oxygen atoms in total. The highest BCUT2D eigenvalue weighted by molar-refractivity contribution is 5.74. The number of nitrogens with two attached hydrogens (primary N) is 1. The smallest absolute Gasteiger partial charge is 0.193 e. The van der Waals surface area contributed by atoms with Crippen LogP contribution in [-0.4, -0.2) is 11.3 Å². The predicted molar refractivity (Wildman–Crippen MR) is 46.3 cm³/mol. The molecule has 1 heterocycles. The molecule has 0 spiro atoms. The van der Waals surface area contributed by atoms with Crippen molar-refractivity contribution in [3.05, 3.63) is 23.4 Å². The number of aromatic nitrogens is 1. The first-order chi connectivity index (χ1) is 5.74. The summed E-state index contributed by atoms with van der Waals surface area (Å²) in [4.78, 5) is 13.9. The van der Waals surface area contributed by atoms with Gasteiger partial charge in [0.2, 0.25) is 0 Å². The third-order valence-corrected chi connectivity index (χ3v) is 1.37. The second kappa shape index (κ2) is 3.54. The van der Waals surface area contributed by atoms with Crippen molar-refractivity contribution in [3.63, 3.8) is 0 Å². The molecule has 0 aliphatic carbocycles. The molecule has 0 atom stereocenters. The molecule has 0 unspecified atom stereocenters. The molecule has 0 aliphatic rings. The van der Waals surface area contributed by atoms with E-state index >= 15 is 0 Å². The van der Waals surface area contributed by atoms with Crippen LogP contribution in [0.1, 0.15) is 11.3 Å². The maximum atomic E-state index is 9.94. The molecule has 0 aromatic carbocycles. The zero-order valence-electron chi connectivity index (χ0n) is 6.66. The van der Waals surface area contributed by atoms with Gasteiger partial charge < -0.3 is 5.73 Å². The Morgan fingerprint density at radius 1 is 1.58 bits per heavy atom. The maximum Gasteiger partial charge on any atom is 0.193 e. The number of carbonyl (C=O) groups excluding carboxylic acids is 1. The van der Waals surface area contributed by atoms with Crippen LogP contribution in [0.5, 0.6) is 0 Å². The van der Waals surface area contributed by atoms with E-state index in [-0.39, 0.29) is 0 Å². The summed E-state index contributed by atoms with van der Waals surface area (Å²) in [5, 5.41) is 0. The number of carbonyl (C=O) groups is 1. The van der Waals surface area contributed by atoms with E-state index in [1.165, 1.54) is 0 Å². The Kier molecular flexibility index (Phi) is 2.44. The lowest BCUT2D eigenvalue weighted by atomic mass is 10.2. The number of nitrogens with zero attached hydrogens (tertiary/aromatic N) is 1. The minimum Gasteiger partial charge on any atom is -0.384 e. The third-order valence-electron chi connectivity index (χ3n) is 1.37. The summed E-state index contributed by atoms with van der Waals surface area (Å²) >= 11 is 0. The molecule has 0 amide bonds. The first-order valence-corrected chi connectivity index (χ1v) is 3.42. The average Bonchev–Trinajstić information content (AvgIpc) is 2.03. The largest absolute Gasteiger partial charge is 0.384 e. The maximum absolute atomic E-state index is 9.94. The molecule has 0 aliphatic heterocycles.